The summed E-state index contributed by atoms with van der Waals surface area (Å²) in [6.07, 6.45) is -0.157. The van der Waals surface area contributed by atoms with E-state index >= 15 is 0 Å². The average molecular weight is 263 g/mol. The van der Waals surface area contributed by atoms with Crippen molar-refractivity contribution in [1.29, 1.82) is 0 Å². The third-order valence-electron chi connectivity index (χ3n) is 1.94. The summed E-state index contributed by atoms with van der Waals surface area (Å²) >= 11 is 0. The normalized spacial score (nSPS) is 10.3. The zero-order valence-electron chi connectivity index (χ0n) is 10.6. The van der Waals surface area contributed by atoms with Crippen LogP contribution in [0.15, 0.2) is 0 Å². The first-order valence-electron chi connectivity index (χ1n) is 5.79. The molecule has 0 spiro atoms. The molecule has 2 N–H and O–H groups in total. The Morgan fingerprint density at radius 2 is 1.61 bits per heavy atom. The number of carboxylic acids is 1. The zero-order chi connectivity index (χ0) is 13.6. The van der Waals surface area contributed by atoms with Crippen LogP contribution < -0.4 is 5.32 Å². The van der Waals surface area contributed by atoms with Gasteiger partial charge < -0.3 is 24.6 Å². The third-order valence-corrected chi connectivity index (χ3v) is 1.94. The molecule has 0 aliphatic rings. The van der Waals surface area contributed by atoms with E-state index in [2.05, 4.69) is 5.32 Å². The number of carbonyl (C=O) groups is 2. The summed E-state index contributed by atoms with van der Waals surface area (Å²) in [5.41, 5.74) is 0. The van der Waals surface area contributed by atoms with E-state index in [-0.39, 0.29) is 18.7 Å². The molecule has 18 heavy (non-hydrogen) atoms. The zero-order valence-corrected chi connectivity index (χ0v) is 10.6. The summed E-state index contributed by atoms with van der Waals surface area (Å²) in [6.45, 7) is 2.78. The molecule has 0 unspecified atom stereocenters. The molecule has 0 saturated carbocycles. The van der Waals surface area contributed by atoms with Crippen LogP contribution in [0.25, 0.3) is 0 Å². The predicted octanol–water partition coefficient (Wildman–Crippen LogP) is -0.353. The van der Waals surface area contributed by atoms with Crippen LogP contribution in [0.1, 0.15) is 12.8 Å². The first kappa shape index (κ1) is 16.8. The number of rotatable bonds is 12. The van der Waals surface area contributed by atoms with Gasteiger partial charge in [0.1, 0.15) is 0 Å². The third kappa shape index (κ3) is 12.9. The van der Waals surface area contributed by atoms with E-state index in [0.717, 1.165) is 0 Å². The number of hydrogen-bond donors (Lipinski definition) is 2. The van der Waals surface area contributed by atoms with Gasteiger partial charge in [-0.3, -0.25) is 9.59 Å². The second-order valence-corrected chi connectivity index (χ2v) is 3.46. The molecule has 0 aliphatic carbocycles. The Kier molecular flexibility index (Phi) is 11.5. The van der Waals surface area contributed by atoms with Gasteiger partial charge in [0.15, 0.2) is 0 Å². The molecule has 0 bridgehead atoms. The second kappa shape index (κ2) is 12.3. The van der Waals surface area contributed by atoms with Crippen LogP contribution in [0.5, 0.6) is 0 Å². The molecule has 0 aromatic rings. The predicted molar refractivity (Wildman–Crippen MR) is 63.4 cm³/mol. The van der Waals surface area contributed by atoms with Gasteiger partial charge in [-0.05, 0) is 0 Å². The minimum atomic E-state index is -0.977. The van der Waals surface area contributed by atoms with Crippen molar-refractivity contribution in [2.75, 3.05) is 46.7 Å². The smallest absolute Gasteiger partial charge is 0.303 e. The summed E-state index contributed by atoms with van der Waals surface area (Å²) in [4.78, 5) is 21.3. The molecule has 0 rings (SSSR count). The Bertz CT molecular complexity index is 234. The number of carboxylic acid groups (broad SMARTS) is 1. The van der Waals surface area contributed by atoms with E-state index in [9.17, 15) is 9.59 Å². The fourth-order valence-corrected chi connectivity index (χ4v) is 1.04. The monoisotopic (exact) mass is 263 g/mol. The summed E-state index contributed by atoms with van der Waals surface area (Å²) in [7, 11) is 1.60. The minimum absolute atomic E-state index is 0.00450. The Labute approximate surface area is 106 Å². The summed E-state index contributed by atoms with van der Waals surface area (Å²) in [5.74, 6) is -1.26. The lowest BCUT2D eigenvalue weighted by molar-refractivity contribution is -0.138. The van der Waals surface area contributed by atoms with Gasteiger partial charge in [-0.15, -0.1) is 0 Å². The molecule has 0 radical (unpaired) electrons. The lowest BCUT2D eigenvalue weighted by atomic mass is 10.3. The number of amides is 1. The second-order valence-electron chi connectivity index (χ2n) is 3.46. The molecule has 7 nitrogen and oxygen atoms in total. The number of ether oxygens (including phenoxy) is 3. The SMILES string of the molecule is COCCOCCOCCNC(=O)CCC(=O)O. The van der Waals surface area contributed by atoms with Crippen molar-refractivity contribution in [2.24, 2.45) is 0 Å². The maximum atomic E-state index is 11.1. The van der Waals surface area contributed by atoms with Gasteiger partial charge in [0.2, 0.25) is 5.91 Å². The summed E-state index contributed by atoms with van der Waals surface area (Å²) in [6, 6.07) is 0. The molecule has 1 amide bonds. The van der Waals surface area contributed by atoms with Crippen LogP contribution in [0.3, 0.4) is 0 Å². The largest absolute Gasteiger partial charge is 0.481 e. The number of aliphatic carboxylic acids is 1. The molecule has 0 aromatic heterocycles. The van der Waals surface area contributed by atoms with Gasteiger partial charge in [0.05, 0.1) is 39.5 Å². The Morgan fingerprint density at radius 3 is 2.22 bits per heavy atom. The van der Waals surface area contributed by atoms with Crippen molar-refractivity contribution >= 4 is 11.9 Å². The summed E-state index contributed by atoms with van der Waals surface area (Å²) < 4.78 is 15.2. The van der Waals surface area contributed by atoms with Crippen molar-refractivity contribution in [1.82, 2.24) is 5.32 Å². The van der Waals surface area contributed by atoms with E-state index in [1.807, 2.05) is 0 Å². The van der Waals surface area contributed by atoms with Crippen LogP contribution in [-0.2, 0) is 23.8 Å². The fraction of sp³-hybridized carbons (Fsp3) is 0.818. The van der Waals surface area contributed by atoms with Gasteiger partial charge in [0.25, 0.3) is 0 Å². The van der Waals surface area contributed by atoms with Crippen molar-refractivity contribution in [3.05, 3.63) is 0 Å². The highest BCUT2D eigenvalue weighted by Crippen LogP contribution is 1.88. The van der Waals surface area contributed by atoms with Crippen molar-refractivity contribution in [3.8, 4) is 0 Å². The Hall–Kier alpha value is -1.18. The van der Waals surface area contributed by atoms with Gasteiger partial charge in [0, 0.05) is 20.1 Å². The molecule has 0 saturated heterocycles. The molecule has 106 valence electrons. The number of nitrogens with one attached hydrogen (secondary N) is 1. The molecular weight excluding hydrogens is 242 g/mol. The van der Waals surface area contributed by atoms with Crippen molar-refractivity contribution in [3.63, 3.8) is 0 Å². The first-order valence-corrected chi connectivity index (χ1v) is 5.79. The van der Waals surface area contributed by atoms with Crippen molar-refractivity contribution < 1.29 is 28.9 Å². The molecular formula is C11H21NO6. The van der Waals surface area contributed by atoms with Gasteiger partial charge >= 0.3 is 5.97 Å². The van der Waals surface area contributed by atoms with E-state index < -0.39 is 5.97 Å². The number of carbonyl (C=O) groups excluding carboxylic acids is 1. The maximum Gasteiger partial charge on any atom is 0.303 e. The fourth-order valence-electron chi connectivity index (χ4n) is 1.04. The van der Waals surface area contributed by atoms with E-state index in [1.54, 1.807) is 7.11 Å². The topological polar surface area (TPSA) is 94.1 Å². The number of hydrogen-bond acceptors (Lipinski definition) is 5. The summed E-state index contributed by atoms with van der Waals surface area (Å²) in [5, 5.41) is 10.9. The lowest BCUT2D eigenvalue weighted by Crippen LogP contribution is -2.27. The van der Waals surface area contributed by atoms with Gasteiger partial charge in [-0.2, -0.15) is 0 Å². The van der Waals surface area contributed by atoms with Crippen LogP contribution >= 0.6 is 0 Å². The lowest BCUT2D eigenvalue weighted by Gasteiger charge is -2.06. The van der Waals surface area contributed by atoms with Crippen LogP contribution in [0, 0.1) is 0 Å². The number of methoxy groups -OCH3 is 1. The highest BCUT2D eigenvalue weighted by atomic mass is 16.5. The highest BCUT2D eigenvalue weighted by molar-refractivity contribution is 5.80. The molecule has 0 aliphatic heterocycles. The Morgan fingerprint density at radius 1 is 1.00 bits per heavy atom. The van der Waals surface area contributed by atoms with Crippen molar-refractivity contribution in [2.45, 2.75) is 12.8 Å². The van der Waals surface area contributed by atoms with E-state index in [0.29, 0.717) is 39.6 Å². The van der Waals surface area contributed by atoms with Gasteiger partial charge in [-0.25, -0.2) is 0 Å². The Balaban J connectivity index is 3.15. The standard InChI is InChI=1S/C11H21NO6/c1-16-6-7-18-9-8-17-5-4-12-10(13)2-3-11(14)15/h2-9H2,1H3,(H,12,13)(H,14,15). The molecule has 0 atom stereocenters. The molecule has 0 heterocycles. The van der Waals surface area contributed by atoms with E-state index in [4.69, 9.17) is 19.3 Å². The van der Waals surface area contributed by atoms with E-state index in [1.165, 1.54) is 0 Å². The quantitative estimate of drug-likeness (QED) is 0.467. The van der Waals surface area contributed by atoms with Crippen LogP contribution in [-0.4, -0.2) is 63.7 Å². The minimum Gasteiger partial charge on any atom is -0.481 e. The molecule has 0 aromatic carbocycles. The van der Waals surface area contributed by atoms with Crippen LogP contribution in [0.4, 0.5) is 0 Å². The first-order chi connectivity index (χ1) is 8.66. The molecule has 0 fully saturated rings. The van der Waals surface area contributed by atoms with Crippen LogP contribution in [0.2, 0.25) is 0 Å². The average Bonchev–Trinajstić information content (AvgIpc) is 2.34. The highest BCUT2D eigenvalue weighted by Gasteiger charge is 2.03. The van der Waals surface area contributed by atoms with Gasteiger partial charge in [-0.1, -0.05) is 0 Å². The molecule has 7 heteroatoms. The maximum absolute atomic E-state index is 11.1.